The van der Waals surface area contributed by atoms with E-state index < -0.39 is 6.10 Å². The lowest BCUT2D eigenvalue weighted by molar-refractivity contribution is 0.144. The first kappa shape index (κ1) is 11.5. The molecule has 0 spiro atoms. The van der Waals surface area contributed by atoms with E-state index in [2.05, 4.69) is 0 Å². The van der Waals surface area contributed by atoms with Crippen LogP contribution in [0.25, 0.3) is 0 Å². The fourth-order valence-corrected chi connectivity index (χ4v) is 1.65. The van der Waals surface area contributed by atoms with Crippen molar-refractivity contribution >= 4 is 11.6 Å². The first-order valence-electron chi connectivity index (χ1n) is 4.76. The van der Waals surface area contributed by atoms with Crippen molar-refractivity contribution in [2.75, 3.05) is 0 Å². The fourth-order valence-electron chi connectivity index (χ4n) is 1.42. The number of aliphatic hydroxyl groups is 1. The first-order chi connectivity index (χ1) is 6.56. The summed E-state index contributed by atoms with van der Waals surface area (Å²) in [5.74, 6) is 0. The lowest BCUT2D eigenvalue weighted by Gasteiger charge is -2.19. The summed E-state index contributed by atoms with van der Waals surface area (Å²) < 4.78 is 0. The number of aliphatic hydroxyl groups excluding tert-OH is 1. The fraction of sp³-hybridized carbons (Fsp3) is 0.455. The molecule has 0 aromatic heterocycles. The van der Waals surface area contributed by atoms with E-state index in [1.165, 1.54) is 0 Å². The van der Waals surface area contributed by atoms with Crippen LogP contribution in [0, 0.1) is 6.92 Å². The van der Waals surface area contributed by atoms with Crippen molar-refractivity contribution in [3.63, 3.8) is 0 Å². The Balaban J connectivity index is 2.95. The first-order valence-corrected chi connectivity index (χ1v) is 5.13. The van der Waals surface area contributed by atoms with Crippen molar-refractivity contribution in [1.82, 2.24) is 0 Å². The molecule has 1 rings (SSSR count). The third-order valence-electron chi connectivity index (χ3n) is 2.43. The zero-order chi connectivity index (χ0) is 10.7. The molecule has 2 atom stereocenters. The summed E-state index contributed by atoms with van der Waals surface area (Å²) in [6.45, 7) is 3.88. The standard InChI is InChI=1S/C11H16ClNO/c1-3-10(13)11(14)9-5-4-8(12)6-7(9)2/h4-6,10-11,14H,3,13H2,1-2H3/t10-,11-/m1/s1. The Bertz CT molecular complexity index is 314. The molecular formula is C11H16ClNO. The van der Waals surface area contributed by atoms with Gasteiger partial charge < -0.3 is 10.8 Å². The van der Waals surface area contributed by atoms with Gasteiger partial charge in [0.1, 0.15) is 0 Å². The van der Waals surface area contributed by atoms with Crippen molar-refractivity contribution in [3.8, 4) is 0 Å². The van der Waals surface area contributed by atoms with Gasteiger partial charge in [0, 0.05) is 11.1 Å². The van der Waals surface area contributed by atoms with Gasteiger partial charge in [-0.25, -0.2) is 0 Å². The highest BCUT2D eigenvalue weighted by molar-refractivity contribution is 6.30. The van der Waals surface area contributed by atoms with Crippen molar-refractivity contribution in [2.24, 2.45) is 5.73 Å². The van der Waals surface area contributed by atoms with Gasteiger partial charge in [0.25, 0.3) is 0 Å². The molecule has 2 nitrogen and oxygen atoms in total. The second kappa shape index (κ2) is 4.78. The van der Waals surface area contributed by atoms with Gasteiger partial charge >= 0.3 is 0 Å². The monoisotopic (exact) mass is 213 g/mol. The Morgan fingerprint density at radius 2 is 2.14 bits per heavy atom. The maximum Gasteiger partial charge on any atom is 0.0943 e. The predicted molar refractivity (Wildman–Crippen MR) is 59.4 cm³/mol. The molecule has 0 fully saturated rings. The van der Waals surface area contributed by atoms with Gasteiger partial charge in [0.05, 0.1) is 6.10 Å². The van der Waals surface area contributed by atoms with Crippen LogP contribution in [0.15, 0.2) is 18.2 Å². The van der Waals surface area contributed by atoms with Gasteiger partial charge in [-0.3, -0.25) is 0 Å². The van der Waals surface area contributed by atoms with E-state index >= 15 is 0 Å². The lowest BCUT2D eigenvalue weighted by atomic mass is 9.97. The van der Waals surface area contributed by atoms with Crippen LogP contribution in [0.5, 0.6) is 0 Å². The van der Waals surface area contributed by atoms with Gasteiger partial charge in [0.2, 0.25) is 0 Å². The van der Waals surface area contributed by atoms with Crippen LogP contribution in [0.4, 0.5) is 0 Å². The Morgan fingerprint density at radius 1 is 1.50 bits per heavy atom. The molecule has 0 radical (unpaired) electrons. The molecule has 0 aliphatic carbocycles. The Morgan fingerprint density at radius 3 is 2.64 bits per heavy atom. The third-order valence-corrected chi connectivity index (χ3v) is 2.66. The SMILES string of the molecule is CC[C@@H](N)[C@H](O)c1ccc(Cl)cc1C. The van der Waals surface area contributed by atoms with Gasteiger partial charge in [-0.2, -0.15) is 0 Å². The van der Waals surface area contributed by atoms with Crippen LogP contribution in [0.3, 0.4) is 0 Å². The Labute approximate surface area is 89.7 Å². The van der Waals surface area contributed by atoms with E-state index in [1.54, 1.807) is 6.07 Å². The molecule has 0 bridgehead atoms. The van der Waals surface area contributed by atoms with E-state index in [4.69, 9.17) is 17.3 Å². The van der Waals surface area contributed by atoms with Crippen LogP contribution < -0.4 is 5.73 Å². The van der Waals surface area contributed by atoms with Crippen molar-refractivity contribution in [1.29, 1.82) is 0 Å². The number of nitrogens with two attached hydrogens (primary N) is 1. The summed E-state index contributed by atoms with van der Waals surface area (Å²) in [7, 11) is 0. The minimum Gasteiger partial charge on any atom is -0.387 e. The minimum absolute atomic E-state index is 0.213. The summed E-state index contributed by atoms with van der Waals surface area (Å²) >= 11 is 5.82. The highest BCUT2D eigenvalue weighted by Crippen LogP contribution is 2.23. The largest absolute Gasteiger partial charge is 0.387 e. The molecule has 0 amide bonds. The molecule has 0 unspecified atom stereocenters. The smallest absolute Gasteiger partial charge is 0.0943 e. The van der Waals surface area contributed by atoms with Crippen molar-refractivity contribution < 1.29 is 5.11 Å². The normalized spacial score (nSPS) is 15.2. The number of benzene rings is 1. The highest BCUT2D eigenvalue weighted by Gasteiger charge is 2.16. The van der Waals surface area contributed by atoms with Gasteiger partial charge in [-0.05, 0) is 36.6 Å². The quantitative estimate of drug-likeness (QED) is 0.810. The summed E-state index contributed by atoms with van der Waals surface area (Å²) in [5.41, 5.74) is 7.62. The molecular weight excluding hydrogens is 198 g/mol. The number of rotatable bonds is 3. The van der Waals surface area contributed by atoms with Crippen molar-refractivity contribution in [3.05, 3.63) is 34.3 Å². The average molecular weight is 214 g/mol. The maximum absolute atomic E-state index is 9.89. The van der Waals surface area contributed by atoms with E-state index in [1.807, 2.05) is 26.0 Å². The number of aryl methyl sites for hydroxylation is 1. The molecule has 14 heavy (non-hydrogen) atoms. The van der Waals surface area contributed by atoms with Crippen molar-refractivity contribution in [2.45, 2.75) is 32.4 Å². The molecule has 0 heterocycles. The molecule has 3 heteroatoms. The van der Waals surface area contributed by atoms with Crippen LogP contribution >= 0.6 is 11.6 Å². The number of hydrogen-bond acceptors (Lipinski definition) is 2. The predicted octanol–water partition coefficient (Wildman–Crippen LogP) is 2.42. The summed E-state index contributed by atoms with van der Waals surface area (Å²) in [6.07, 6.45) is 0.153. The molecule has 3 N–H and O–H groups in total. The second-order valence-corrected chi connectivity index (χ2v) is 3.95. The van der Waals surface area contributed by atoms with E-state index in [0.29, 0.717) is 5.02 Å². The zero-order valence-electron chi connectivity index (χ0n) is 8.50. The summed E-state index contributed by atoms with van der Waals surface area (Å²) in [6, 6.07) is 5.23. The highest BCUT2D eigenvalue weighted by atomic mass is 35.5. The Hall–Kier alpha value is -0.570. The topological polar surface area (TPSA) is 46.2 Å². The van der Waals surface area contributed by atoms with E-state index in [9.17, 15) is 5.11 Å². The lowest BCUT2D eigenvalue weighted by Crippen LogP contribution is -2.27. The summed E-state index contributed by atoms with van der Waals surface area (Å²) in [5, 5.41) is 10.6. The van der Waals surface area contributed by atoms with E-state index in [0.717, 1.165) is 17.5 Å². The number of hydrogen-bond donors (Lipinski definition) is 2. The van der Waals surface area contributed by atoms with E-state index in [-0.39, 0.29) is 6.04 Å². The molecule has 0 aliphatic rings. The molecule has 1 aromatic carbocycles. The van der Waals surface area contributed by atoms with Gasteiger partial charge in [-0.15, -0.1) is 0 Å². The Kier molecular flexibility index (Phi) is 3.93. The van der Waals surface area contributed by atoms with Crippen LogP contribution in [0.1, 0.15) is 30.6 Å². The molecule has 1 aromatic rings. The molecule has 0 aliphatic heterocycles. The minimum atomic E-state index is -0.600. The van der Waals surface area contributed by atoms with Crippen LogP contribution in [-0.4, -0.2) is 11.1 Å². The molecule has 78 valence electrons. The van der Waals surface area contributed by atoms with Gasteiger partial charge in [-0.1, -0.05) is 24.6 Å². The maximum atomic E-state index is 9.89. The third kappa shape index (κ3) is 2.47. The molecule has 0 saturated heterocycles. The number of halogens is 1. The summed E-state index contributed by atoms with van der Waals surface area (Å²) in [4.78, 5) is 0. The zero-order valence-corrected chi connectivity index (χ0v) is 9.25. The molecule has 0 saturated carbocycles. The van der Waals surface area contributed by atoms with Crippen LogP contribution in [0.2, 0.25) is 5.02 Å². The van der Waals surface area contributed by atoms with Gasteiger partial charge in [0.15, 0.2) is 0 Å². The average Bonchev–Trinajstić information content (AvgIpc) is 2.15. The van der Waals surface area contributed by atoms with Crippen LogP contribution in [-0.2, 0) is 0 Å². The second-order valence-electron chi connectivity index (χ2n) is 3.52.